The van der Waals surface area contributed by atoms with E-state index in [0.717, 1.165) is 12.3 Å². The molecule has 0 spiro atoms. The number of β-lactam (4-membered cyclic amide) rings is 1. The smallest absolute Gasteiger partial charge is 0.405 e. The summed E-state index contributed by atoms with van der Waals surface area (Å²) in [6, 6.07) is -4.24. The molecule has 3 rings (SSSR count). The van der Waals surface area contributed by atoms with Crippen LogP contribution in [0.15, 0.2) is 17.1 Å². The second-order valence-corrected chi connectivity index (χ2v) is 8.43. The predicted octanol–water partition coefficient (Wildman–Crippen LogP) is -3.89. The SMILES string of the molecule is O=C(O)NC1CN(C(=O)NS(=O)(=O)NNC(=O)N2CCN(NC(=O)c3cc(=O)c(O)c[nH]3)C2=O)C1=O. The molecule has 0 radical (unpaired) electrons. The van der Waals surface area contributed by atoms with Crippen molar-refractivity contribution in [2.75, 3.05) is 19.6 Å². The van der Waals surface area contributed by atoms with Crippen molar-refractivity contribution in [2.45, 2.75) is 6.04 Å². The molecule has 9 amide bonds. The van der Waals surface area contributed by atoms with Gasteiger partial charge in [0.1, 0.15) is 11.7 Å². The fraction of sp³-hybridized carbons (Fsp3) is 0.267. The number of pyridine rings is 1. The molecule has 8 N–H and O–H groups in total. The molecule has 3 heterocycles. The first-order valence-electron chi connectivity index (χ1n) is 9.55. The van der Waals surface area contributed by atoms with Gasteiger partial charge < -0.3 is 20.5 Å². The number of aromatic hydroxyl groups is 1. The highest BCUT2D eigenvalue weighted by molar-refractivity contribution is 7.88. The molecule has 1 aromatic heterocycles. The Bertz CT molecular complexity index is 1310. The second-order valence-electron chi connectivity index (χ2n) is 7.02. The standard InChI is InChI=1S/C15H17N9O11S/c25-8-3-6(16-4-9(8)26)10(27)19-24-2-1-22(15(24)33)12(29)18-21-36(34,35)20-13(30)23-5-7(11(23)28)17-14(31)32/h3-4,7,17,21,26H,1-2,5H2,(H,16,25)(H,18,29)(H,19,27)(H,20,30)(H,31,32). The first kappa shape index (κ1) is 25.7. The summed E-state index contributed by atoms with van der Waals surface area (Å²) in [6.45, 7) is -0.946. The molecule has 1 atom stereocenters. The first-order valence-corrected chi connectivity index (χ1v) is 11.0. The number of carbonyl (C=O) groups is 6. The molecular formula is C15H17N9O11S. The molecule has 1 aromatic rings. The van der Waals surface area contributed by atoms with Crippen LogP contribution < -0.4 is 31.2 Å². The quantitative estimate of drug-likeness (QED) is 0.130. The van der Waals surface area contributed by atoms with E-state index in [2.05, 4.69) is 10.4 Å². The Morgan fingerprint density at radius 1 is 1.06 bits per heavy atom. The van der Waals surface area contributed by atoms with Crippen molar-refractivity contribution >= 4 is 46.2 Å². The van der Waals surface area contributed by atoms with Crippen molar-refractivity contribution in [1.82, 2.24) is 45.5 Å². The van der Waals surface area contributed by atoms with Crippen molar-refractivity contribution in [1.29, 1.82) is 0 Å². The summed E-state index contributed by atoms with van der Waals surface area (Å²) in [5, 5.41) is 20.2. The third-order valence-electron chi connectivity index (χ3n) is 4.61. The van der Waals surface area contributed by atoms with Crippen LogP contribution in [0.4, 0.5) is 19.2 Å². The topological polar surface area (TPSA) is 280 Å². The van der Waals surface area contributed by atoms with Gasteiger partial charge in [0.05, 0.1) is 19.6 Å². The molecule has 20 nitrogen and oxygen atoms in total. The van der Waals surface area contributed by atoms with Gasteiger partial charge in [-0.05, 0) is 0 Å². The number of aromatic nitrogens is 1. The third kappa shape index (κ3) is 5.58. The second kappa shape index (κ2) is 9.75. The van der Waals surface area contributed by atoms with Crippen molar-refractivity contribution < 1.29 is 47.4 Å². The summed E-state index contributed by atoms with van der Waals surface area (Å²) in [4.78, 5) is 86.8. The van der Waals surface area contributed by atoms with Crippen LogP contribution in [0.25, 0.3) is 0 Å². The van der Waals surface area contributed by atoms with Crippen molar-refractivity contribution in [3.05, 3.63) is 28.2 Å². The fourth-order valence-corrected chi connectivity index (χ4v) is 3.46. The zero-order valence-electron chi connectivity index (χ0n) is 17.7. The monoisotopic (exact) mass is 531 g/mol. The average Bonchev–Trinajstić information content (AvgIpc) is 3.15. The molecule has 0 bridgehead atoms. The molecule has 2 fully saturated rings. The van der Waals surface area contributed by atoms with Crippen molar-refractivity contribution in [3.8, 4) is 5.75 Å². The Morgan fingerprint density at radius 3 is 2.36 bits per heavy atom. The van der Waals surface area contributed by atoms with E-state index in [1.807, 2.05) is 5.32 Å². The van der Waals surface area contributed by atoms with Crippen LogP contribution in [0.2, 0.25) is 0 Å². The van der Waals surface area contributed by atoms with Crippen molar-refractivity contribution in [3.63, 3.8) is 0 Å². The molecule has 1 unspecified atom stereocenters. The number of carboxylic acid groups (broad SMARTS) is 1. The summed E-state index contributed by atoms with van der Waals surface area (Å²) in [5.41, 5.74) is 2.60. The Morgan fingerprint density at radius 2 is 1.75 bits per heavy atom. The van der Waals surface area contributed by atoms with E-state index in [1.165, 1.54) is 9.55 Å². The van der Waals surface area contributed by atoms with Crippen LogP contribution in [0.3, 0.4) is 0 Å². The summed E-state index contributed by atoms with van der Waals surface area (Å²) in [6.07, 6.45) is -0.660. The highest BCUT2D eigenvalue weighted by atomic mass is 32.2. The van der Waals surface area contributed by atoms with Crippen LogP contribution in [-0.4, -0.2) is 100 Å². The largest absolute Gasteiger partial charge is 0.503 e. The highest BCUT2D eigenvalue weighted by Crippen LogP contribution is 2.11. The van der Waals surface area contributed by atoms with Gasteiger partial charge in [0.2, 0.25) is 5.43 Å². The number of hydrogen-bond acceptors (Lipinski definition) is 10. The number of urea groups is 3. The number of hydrogen-bond donors (Lipinski definition) is 8. The number of aromatic amines is 1. The van der Waals surface area contributed by atoms with Crippen molar-refractivity contribution in [2.24, 2.45) is 0 Å². The third-order valence-corrected chi connectivity index (χ3v) is 5.43. The number of rotatable bonds is 6. The summed E-state index contributed by atoms with van der Waals surface area (Å²) in [5.74, 6) is -2.59. The average molecular weight is 531 g/mol. The van der Waals surface area contributed by atoms with Gasteiger partial charge in [-0.1, -0.05) is 0 Å². The number of nitrogens with zero attached hydrogens (tertiary/aromatic N) is 3. The predicted molar refractivity (Wildman–Crippen MR) is 111 cm³/mol. The first-order chi connectivity index (χ1) is 16.8. The molecule has 0 aliphatic carbocycles. The number of hydrazine groups is 2. The van der Waals surface area contributed by atoms with E-state index in [-0.39, 0.29) is 18.8 Å². The highest BCUT2D eigenvalue weighted by Gasteiger charge is 2.43. The maximum atomic E-state index is 12.3. The van der Waals surface area contributed by atoms with E-state index in [1.54, 1.807) is 5.43 Å². The van der Waals surface area contributed by atoms with Crippen LogP contribution in [0, 0.1) is 0 Å². The lowest BCUT2D eigenvalue weighted by Crippen LogP contribution is -2.68. The van der Waals surface area contributed by atoms with Gasteiger partial charge in [-0.15, -0.1) is 4.83 Å². The Balaban J connectivity index is 1.49. The number of nitrogens with one attached hydrogen (secondary N) is 6. The van der Waals surface area contributed by atoms with Gasteiger partial charge in [0.25, 0.3) is 11.8 Å². The van der Waals surface area contributed by atoms with Gasteiger partial charge >= 0.3 is 34.4 Å². The van der Waals surface area contributed by atoms with Gasteiger partial charge in [-0.25, -0.2) is 33.8 Å². The normalized spacial score (nSPS) is 17.3. The zero-order valence-corrected chi connectivity index (χ0v) is 18.5. The molecule has 0 aromatic carbocycles. The fourth-order valence-electron chi connectivity index (χ4n) is 2.85. The maximum Gasteiger partial charge on any atom is 0.405 e. The number of H-pyrrole nitrogens is 1. The molecule has 2 saturated heterocycles. The molecule has 194 valence electrons. The molecule has 2 aliphatic rings. The molecule has 2 aliphatic heterocycles. The minimum atomic E-state index is -4.77. The molecule has 36 heavy (non-hydrogen) atoms. The Labute approximate surface area is 199 Å². The number of likely N-dealkylation sites (tertiary alicyclic amines) is 1. The van der Waals surface area contributed by atoms with E-state index >= 15 is 0 Å². The van der Waals surface area contributed by atoms with Crippen LogP contribution in [0.1, 0.15) is 10.5 Å². The van der Waals surface area contributed by atoms with E-state index in [9.17, 15) is 47.1 Å². The molecule has 21 heteroatoms. The van der Waals surface area contributed by atoms with Crippen LogP contribution >= 0.6 is 0 Å². The number of carbonyl (C=O) groups excluding carboxylic acids is 5. The van der Waals surface area contributed by atoms with E-state index in [4.69, 9.17) is 5.11 Å². The number of amides is 9. The van der Waals surface area contributed by atoms with Crippen LogP contribution in [-0.2, 0) is 15.0 Å². The molecule has 0 saturated carbocycles. The zero-order chi connectivity index (χ0) is 26.8. The van der Waals surface area contributed by atoms with Gasteiger partial charge in [-0.3, -0.25) is 30.1 Å². The lowest BCUT2D eigenvalue weighted by Gasteiger charge is -2.35. The minimum Gasteiger partial charge on any atom is -0.503 e. The van der Waals surface area contributed by atoms with Gasteiger partial charge in [0, 0.05) is 12.3 Å². The maximum absolute atomic E-state index is 12.3. The van der Waals surface area contributed by atoms with E-state index in [0.29, 0.717) is 14.8 Å². The lowest BCUT2D eigenvalue weighted by molar-refractivity contribution is -0.138. The summed E-state index contributed by atoms with van der Waals surface area (Å²) < 4.78 is 25.3. The van der Waals surface area contributed by atoms with Gasteiger partial charge in [0.15, 0.2) is 5.75 Å². The lowest BCUT2D eigenvalue weighted by atomic mass is 10.1. The van der Waals surface area contributed by atoms with E-state index < -0.39 is 70.0 Å². The minimum absolute atomic E-state index is 0.216. The summed E-state index contributed by atoms with van der Waals surface area (Å²) >= 11 is 0. The molecular weight excluding hydrogens is 514 g/mol. The van der Waals surface area contributed by atoms with Gasteiger partial charge in [-0.2, -0.15) is 8.42 Å². The Hall–Kier alpha value is -4.92. The Kier molecular flexibility index (Phi) is 6.96. The summed E-state index contributed by atoms with van der Waals surface area (Å²) in [7, 11) is -4.77. The van der Waals surface area contributed by atoms with Crippen LogP contribution in [0.5, 0.6) is 5.75 Å². The number of imide groups is 2.